The standard InChI is InChI=1S/C15H27NO4/c1-12(6-9-17)11-16-13(18)10-15(14(19)20)7-4-2-3-5-8-15/h12,17H,2-11H2,1H3,(H,16,18)(H,19,20). The molecule has 0 aromatic heterocycles. The molecule has 5 nitrogen and oxygen atoms in total. The van der Waals surface area contributed by atoms with Crippen LogP contribution in [0.15, 0.2) is 0 Å². The van der Waals surface area contributed by atoms with Crippen molar-refractivity contribution in [2.45, 2.75) is 58.3 Å². The molecule has 0 aromatic rings. The number of aliphatic carboxylic acids is 1. The number of carbonyl (C=O) groups excluding carboxylic acids is 1. The lowest BCUT2D eigenvalue weighted by Gasteiger charge is -2.27. The van der Waals surface area contributed by atoms with E-state index in [9.17, 15) is 14.7 Å². The molecule has 0 aliphatic heterocycles. The molecule has 0 aromatic carbocycles. The van der Waals surface area contributed by atoms with Gasteiger partial charge in [-0.25, -0.2) is 0 Å². The third-order valence-electron chi connectivity index (χ3n) is 4.28. The highest BCUT2D eigenvalue weighted by atomic mass is 16.4. The maximum atomic E-state index is 12.0. The number of hydrogen-bond donors (Lipinski definition) is 3. The molecular formula is C15H27NO4. The average Bonchev–Trinajstić information content (AvgIpc) is 2.63. The topological polar surface area (TPSA) is 86.6 Å². The van der Waals surface area contributed by atoms with Crippen LogP contribution < -0.4 is 5.32 Å². The van der Waals surface area contributed by atoms with Crippen LogP contribution in [0.3, 0.4) is 0 Å². The molecule has 1 aliphatic carbocycles. The Kier molecular flexibility index (Phi) is 6.99. The first-order valence-electron chi connectivity index (χ1n) is 7.61. The molecule has 0 saturated heterocycles. The molecule has 0 spiro atoms. The number of carboxylic acids is 1. The quantitative estimate of drug-likeness (QED) is 0.624. The lowest BCUT2D eigenvalue weighted by molar-refractivity contribution is -0.152. The van der Waals surface area contributed by atoms with Crippen LogP contribution in [0, 0.1) is 11.3 Å². The zero-order valence-electron chi connectivity index (χ0n) is 12.4. The van der Waals surface area contributed by atoms with E-state index in [1.54, 1.807) is 0 Å². The van der Waals surface area contributed by atoms with Crippen LogP contribution in [0.1, 0.15) is 58.3 Å². The van der Waals surface area contributed by atoms with Crippen molar-refractivity contribution in [3.63, 3.8) is 0 Å². The van der Waals surface area contributed by atoms with E-state index < -0.39 is 11.4 Å². The molecule has 1 amide bonds. The first-order chi connectivity index (χ1) is 9.50. The Morgan fingerprint density at radius 3 is 2.30 bits per heavy atom. The fourth-order valence-electron chi connectivity index (χ4n) is 2.85. The Hall–Kier alpha value is -1.10. The smallest absolute Gasteiger partial charge is 0.310 e. The van der Waals surface area contributed by atoms with Crippen LogP contribution in [0.5, 0.6) is 0 Å². The molecule has 1 fully saturated rings. The molecule has 1 saturated carbocycles. The first-order valence-corrected chi connectivity index (χ1v) is 7.61. The second-order valence-corrected chi connectivity index (χ2v) is 6.10. The number of aliphatic hydroxyl groups is 1. The molecule has 1 aliphatic rings. The number of hydrogen-bond acceptors (Lipinski definition) is 3. The second-order valence-electron chi connectivity index (χ2n) is 6.10. The second kappa shape index (κ2) is 8.25. The van der Waals surface area contributed by atoms with Gasteiger partial charge in [-0.3, -0.25) is 9.59 Å². The number of carboxylic acid groups (broad SMARTS) is 1. The Balaban J connectivity index is 2.52. The highest BCUT2D eigenvalue weighted by Crippen LogP contribution is 2.38. The molecule has 0 heterocycles. The van der Waals surface area contributed by atoms with Crippen LogP contribution in [0.4, 0.5) is 0 Å². The van der Waals surface area contributed by atoms with E-state index in [0.717, 1.165) is 25.7 Å². The number of nitrogens with one attached hydrogen (secondary N) is 1. The Bertz CT molecular complexity index is 322. The Labute approximate surface area is 120 Å². The van der Waals surface area contributed by atoms with Crippen LogP contribution in [-0.4, -0.2) is 35.2 Å². The summed E-state index contributed by atoms with van der Waals surface area (Å²) in [6, 6.07) is 0. The van der Waals surface area contributed by atoms with Crippen molar-refractivity contribution < 1.29 is 19.8 Å². The van der Waals surface area contributed by atoms with E-state index in [2.05, 4.69) is 5.32 Å². The monoisotopic (exact) mass is 285 g/mol. The lowest BCUT2D eigenvalue weighted by Crippen LogP contribution is -2.38. The number of aliphatic hydroxyl groups excluding tert-OH is 1. The van der Waals surface area contributed by atoms with Crippen molar-refractivity contribution in [3.8, 4) is 0 Å². The SMILES string of the molecule is CC(CCO)CNC(=O)CC1(C(=O)O)CCCCCC1. The summed E-state index contributed by atoms with van der Waals surface area (Å²) in [5.41, 5.74) is -0.874. The van der Waals surface area contributed by atoms with Gasteiger partial charge in [0.15, 0.2) is 0 Å². The van der Waals surface area contributed by atoms with Gasteiger partial charge in [-0.2, -0.15) is 0 Å². The van der Waals surface area contributed by atoms with Crippen LogP contribution in [0.2, 0.25) is 0 Å². The Morgan fingerprint density at radius 2 is 1.80 bits per heavy atom. The highest BCUT2D eigenvalue weighted by molar-refractivity contribution is 5.85. The van der Waals surface area contributed by atoms with Gasteiger partial charge in [0.05, 0.1) is 5.41 Å². The summed E-state index contributed by atoms with van der Waals surface area (Å²) < 4.78 is 0. The van der Waals surface area contributed by atoms with E-state index in [1.165, 1.54) is 0 Å². The maximum Gasteiger partial charge on any atom is 0.310 e. The minimum absolute atomic E-state index is 0.0776. The predicted molar refractivity (Wildman–Crippen MR) is 76.3 cm³/mol. The fraction of sp³-hybridized carbons (Fsp3) is 0.867. The van der Waals surface area contributed by atoms with Crippen molar-refractivity contribution in [1.82, 2.24) is 5.32 Å². The third kappa shape index (κ3) is 5.12. The van der Waals surface area contributed by atoms with Gasteiger partial charge in [0, 0.05) is 19.6 Å². The van der Waals surface area contributed by atoms with Gasteiger partial charge in [-0.1, -0.05) is 32.6 Å². The van der Waals surface area contributed by atoms with Gasteiger partial charge in [-0.15, -0.1) is 0 Å². The number of amides is 1. The summed E-state index contributed by atoms with van der Waals surface area (Å²) in [4.78, 5) is 23.6. The Morgan fingerprint density at radius 1 is 1.20 bits per heavy atom. The number of carbonyl (C=O) groups is 2. The zero-order valence-corrected chi connectivity index (χ0v) is 12.4. The first kappa shape index (κ1) is 17.0. The zero-order chi connectivity index (χ0) is 15.0. The molecule has 1 unspecified atom stereocenters. The van der Waals surface area contributed by atoms with Crippen molar-refractivity contribution in [2.24, 2.45) is 11.3 Å². The van der Waals surface area contributed by atoms with Crippen molar-refractivity contribution in [1.29, 1.82) is 0 Å². The molecular weight excluding hydrogens is 258 g/mol. The minimum atomic E-state index is -0.874. The number of rotatable bonds is 7. The summed E-state index contributed by atoms with van der Waals surface area (Å²) in [6.07, 6.45) is 5.82. The van der Waals surface area contributed by atoms with E-state index in [1.807, 2.05) is 6.92 Å². The summed E-state index contributed by atoms with van der Waals surface area (Å²) in [5, 5.41) is 21.1. The summed E-state index contributed by atoms with van der Waals surface area (Å²) in [6.45, 7) is 2.56. The third-order valence-corrected chi connectivity index (χ3v) is 4.28. The molecule has 1 rings (SSSR count). The highest BCUT2D eigenvalue weighted by Gasteiger charge is 2.40. The lowest BCUT2D eigenvalue weighted by atomic mass is 9.77. The molecule has 20 heavy (non-hydrogen) atoms. The predicted octanol–water partition coefficient (Wildman–Crippen LogP) is 1.94. The fourth-order valence-corrected chi connectivity index (χ4v) is 2.85. The van der Waals surface area contributed by atoms with E-state index >= 15 is 0 Å². The maximum absolute atomic E-state index is 12.0. The van der Waals surface area contributed by atoms with Crippen molar-refractivity contribution in [2.75, 3.05) is 13.2 Å². The van der Waals surface area contributed by atoms with Crippen molar-refractivity contribution in [3.05, 3.63) is 0 Å². The normalized spacial score (nSPS) is 19.9. The van der Waals surface area contributed by atoms with Gasteiger partial charge in [-0.05, 0) is 25.2 Å². The average molecular weight is 285 g/mol. The van der Waals surface area contributed by atoms with E-state index in [4.69, 9.17) is 5.11 Å². The molecule has 5 heteroatoms. The summed E-state index contributed by atoms with van der Waals surface area (Å²) >= 11 is 0. The van der Waals surface area contributed by atoms with E-state index in [-0.39, 0.29) is 24.9 Å². The summed E-state index contributed by atoms with van der Waals surface area (Å²) in [5.74, 6) is -0.809. The molecule has 0 radical (unpaired) electrons. The molecule has 116 valence electrons. The summed E-state index contributed by atoms with van der Waals surface area (Å²) in [7, 11) is 0. The van der Waals surface area contributed by atoms with E-state index in [0.29, 0.717) is 25.8 Å². The van der Waals surface area contributed by atoms with Crippen LogP contribution in [-0.2, 0) is 9.59 Å². The molecule has 3 N–H and O–H groups in total. The van der Waals surface area contributed by atoms with Gasteiger partial charge in [0.2, 0.25) is 5.91 Å². The largest absolute Gasteiger partial charge is 0.481 e. The van der Waals surface area contributed by atoms with Crippen molar-refractivity contribution >= 4 is 11.9 Å². The van der Waals surface area contributed by atoms with Gasteiger partial charge >= 0.3 is 5.97 Å². The van der Waals surface area contributed by atoms with Gasteiger partial charge in [0.25, 0.3) is 0 Å². The van der Waals surface area contributed by atoms with Crippen LogP contribution in [0.25, 0.3) is 0 Å². The van der Waals surface area contributed by atoms with Gasteiger partial charge in [0.1, 0.15) is 0 Å². The molecule has 1 atom stereocenters. The van der Waals surface area contributed by atoms with Gasteiger partial charge < -0.3 is 15.5 Å². The minimum Gasteiger partial charge on any atom is -0.481 e. The van der Waals surface area contributed by atoms with Crippen LogP contribution >= 0.6 is 0 Å². The molecule has 0 bridgehead atoms.